The fourth-order valence-electron chi connectivity index (χ4n) is 3.10. The predicted octanol–water partition coefficient (Wildman–Crippen LogP) is 0.520. The Labute approximate surface area is 111 Å². The predicted molar refractivity (Wildman–Crippen MR) is 67.2 cm³/mol. The minimum atomic E-state index is -0.768. The van der Waals surface area contributed by atoms with E-state index in [-0.39, 0.29) is 24.4 Å². The average molecular weight is 265 g/mol. The van der Waals surface area contributed by atoms with Crippen LogP contribution in [0.2, 0.25) is 0 Å². The number of carbonyl (C=O) groups excluding carboxylic acids is 3. The summed E-state index contributed by atoms with van der Waals surface area (Å²) in [5.74, 6) is -0.381. The molecule has 6 heteroatoms. The van der Waals surface area contributed by atoms with Crippen molar-refractivity contribution in [2.75, 3.05) is 6.54 Å². The molecule has 1 spiro atoms. The second-order valence-corrected chi connectivity index (χ2v) is 5.78. The van der Waals surface area contributed by atoms with Crippen molar-refractivity contribution in [1.82, 2.24) is 15.5 Å². The fourth-order valence-corrected chi connectivity index (χ4v) is 3.10. The molecule has 3 fully saturated rings. The summed E-state index contributed by atoms with van der Waals surface area (Å²) in [7, 11) is 0. The third kappa shape index (κ3) is 2.19. The van der Waals surface area contributed by atoms with Gasteiger partial charge in [-0.1, -0.05) is 19.3 Å². The van der Waals surface area contributed by atoms with Crippen LogP contribution in [-0.2, 0) is 9.59 Å². The lowest BCUT2D eigenvalue weighted by molar-refractivity contribution is -0.130. The van der Waals surface area contributed by atoms with Crippen molar-refractivity contribution < 1.29 is 14.4 Å². The van der Waals surface area contributed by atoms with E-state index >= 15 is 0 Å². The van der Waals surface area contributed by atoms with E-state index in [2.05, 4.69) is 10.6 Å². The Bertz CT molecular complexity index is 425. The number of nitrogens with one attached hydrogen (secondary N) is 2. The van der Waals surface area contributed by atoms with Crippen LogP contribution in [0.3, 0.4) is 0 Å². The number of nitrogens with zero attached hydrogens (tertiary/aromatic N) is 1. The van der Waals surface area contributed by atoms with Gasteiger partial charge in [0.15, 0.2) is 0 Å². The van der Waals surface area contributed by atoms with E-state index in [4.69, 9.17) is 0 Å². The lowest BCUT2D eigenvalue weighted by Crippen LogP contribution is -2.54. The zero-order chi connectivity index (χ0) is 13.5. The standard InChI is InChI=1S/C13H19N3O3/c17-10(14-9-4-5-9)8-16-12(19)15-11(18)13(16)6-2-1-3-7-13/h9H,1-8H2,(H,14,17)(H,15,18,19). The molecule has 0 atom stereocenters. The van der Waals surface area contributed by atoms with Gasteiger partial charge in [0.05, 0.1) is 0 Å². The summed E-state index contributed by atoms with van der Waals surface area (Å²) in [5, 5.41) is 5.24. The van der Waals surface area contributed by atoms with Crippen molar-refractivity contribution in [2.24, 2.45) is 0 Å². The highest BCUT2D eigenvalue weighted by Gasteiger charge is 2.53. The molecule has 1 aliphatic heterocycles. The quantitative estimate of drug-likeness (QED) is 0.730. The molecule has 0 aromatic carbocycles. The van der Waals surface area contributed by atoms with Crippen LogP contribution in [0.1, 0.15) is 44.9 Å². The second-order valence-electron chi connectivity index (χ2n) is 5.78. The summed E-state index contributed by atoms with van der Waals surface area (Å²) in [4.78, 5) is 37.3. The summed E-state index contributed by atoms with van der Waals surface area (Å²) >= 11 is 0. The van der Waals surface area contributed by atoms with Crippen molar-refractivity contribution in [1.29, 1.82) is 0 Å². The maximum atomic E-state index is 12.1. The van der Waals surface area contributed by atoms with Gasteiger partial charge in [-0.2, -0.15) is 0 Å². The third-order valence-electron chi connectivity index (χ3n) is 4.33. The van der Waals surface area contributed by atoms with Crippen LogP contribution >= 0.6 is 0 Å². The number of carbonyl (C=O) groups is 3. The van der Waals surface area contributed by atoms with E-state index in [1.165, 1.54) is 4.90 Å². The number of amides is 4. The lowest BCUT2D eigenvalue weighted by atomic mass is 9.80. The molecule has 3 rings (SSSR count). The van der Waals surface area contributed by atoms with Gasteiger partial charge in [0.1, 0.15) is 12.1 Å². The van der Waals surface area contributed by atoms with Gasteiger partial charge in [0, 0.05) is 6.04 Å². The van der Waals surface area contributed by atoms with Crippen molar-refractivity contribution in [3.63, 3.8) is 0 Å². The Morgan fingerprint density at radius 2 is 1.95 bits per heavy atom. The molecule has 1 saturated heterocycles. The molecule has 6 nitrogen and oxygen atoms in total. The highest BCUT2D eigenvalue weighted by molar-refractivity contribution is 6.08. The second kappa shape index (κ2) is 4.51. The zero-order valence-corrected chi connectivity index (χ0v) is 10.9. The average Bonchev–Trinajstić information content (AvgIpc) is 3.16. The summed E-state index contributed by atoms with van der Waals surface area (Å²) < 4.78 is 0. The minimum Gasteiger partial charge on any atom is -0.352 e. The van der Waals surface area contributed by atoms with Crippen LogP contribution in [0.15, 0.2) is 0 Å². The van der Waals surface area contributed by atoms with E-state index in [0.29, 0.717) is 12.8 Å². The Balaban J connectivity index is 1.73. The van der Waals surface area contributed by atoms with Crippen LogP contribution in [0.5, 0.6) is 0 Å². The number of urea groups is 1. The van der Waals surface area contributed by atoms with Gasteiger partial charge >= 0.3 is 6.03 Å². The first kappa shape index (κ1) is 12.4. The van der Waals surface area contributed by atoms with Crippen LogP contribution < -0.4 is 10.6 Å². The molecule has 104 valence electrons. The Hall–Kier alpha value is -1.59. The summed E-state index contributed by atoms with van der Waals surface area (Å²) in [6.07, 6.45) is 6.32. The molecular weight excluding hydrogens is 246 g/mol. The van der Waals surface area contributed by atoms with Gasteiger partial charge in [-0.3, -0.25) is 14.9 Å². The molecule has 19 heavy (non-hydrogen) atoms. The lowest BCUT2D eigenvalue weighted by Gasteiger charge is -2.37. The van der Waals surface area contributed by atoms with Crippen molar-refractivity contribution in [3.8, 4) is 0 Å². The first-order valence-electron chi connectivity index (χ1n) is 7.04. The van der Waals surface area contributed by atoms with Gasteiger partial charge in [-0.15, -0.1) is 0 Å². The molecule has 3 aliphatic rings. The van der Waals surface area contributed by atoms with Crippen LogP contribution in [0.25, 0.3) is 0 Å². The first-order valence-corrected chi connectivity index (χ1v) is 7.04. The normalized spacial score (nSPS) is 25.6. The highest BCUT2D eigenvalue weighted by Crippen LogP contribution is 2.36. The third-order valence-corrected chi connectivity index (χ3v) is 4.33. The molecular formula is C13H19N3O3. The van der Waals surface area contributed by atoms with Crippen LogP contribution in [0.4, 0.5) is 4.79 Å². The Morgan fingerprint density at radius 3 is 2.58 bits per heavy atom. The van der Waals surface area contributed by atoms with E-state index in [1.54, 1.807) is 0 Å². The SMILES string of the molecule is O=C(CN1C(=O)NC(=O)C12CCCCC2)NC1CC1. The van der Waals surface area contributed by atoms with Gasteiger partial charge in [0.25, 0.3) is 5.91 Å². The van der Waals surface area contributed by atoms with E-state index in [0.717, 1.165) is 32.1 Å². The minimum absolute atomic E-state index is 0.00588. The largest absolute Gasteiger partial charge is 0.352 e. The van der Waals surface area contributed by atoms with Gasteiger partial charge in [-0.05, 0) is 25.7 Å². The van der Waals surface area contributed by atoms with Gasteiger partial charge < -0.3 is 10.2 Å². The van der Waals surface area contributed by atoms with E-state index in [9.17, 15) is 14.4 Å². The summed E-state index contributed by atoms with van der Waals surface area (Å²) in [5.41, 5.74) is -0.768. The molecule has 0 aromatic rings. The molecule has 2 saturated carbocycles. The van der Waals surface area contributed by atoms with Crippen LogP contribution in [-0.4, -0.2) is 40.9 Å². The molecule has 2 N–H and O–H groups in total. The molecule has 2 aliphatic carbocycles. The number of rotatable bonds is 3. The fraction of sp³-hybridized carbons (Fsp3) is 0.769. The molecule has 0 radical (unpaired) electrons. The smallest absolute Gasteiger partial charge is 0.325 e. The van der Waals surface area contributed by atoms with E-state index in [1.807, 2.05) is 0 Å². The van der Waals surface area contributed by atoms with Crippen molar-refractivity contribution in [3.05, 3.63) is 0 Å². The molecule has 0 unspecified atom stereocenters. The van der Waals surface area contributed by atoms with Gasteiger partial charge in [0.2, 0.25) is 5.91 Å². The molecule has 4 amide bonds. The van der Waals surface area contributed by atoms with Crippen LogP contribution in [0, 0.1) is 0 Å². The number of hydrogen-bond donors (Lipinski definition) is 2. The number of imide groups is 1. The van der Waals surface area contributed by atoms with Gasteiger partial charge in [-0.25, -0.2) is 4.79 Å². The monoisotopic (exact) mass is 265 g/mol. The highest BCUT2D eigenvalue weighted by atomic mass is 16.2. The van der Waals surface area contributed by atoms with E-state index < -0.39 is 11.6 Å². The molecule has 0 aromatic heterocycles. The Morgan fingerprint density at radius 1 is 1.26 bits per heavy atom. The zero-order valence-electron chi connectivity index (χ0n) is 10.9. The Kier molecular flexibility index (Phi) is 2.95. The number of hydrogen-bond acceptors (Lipinski definition) is 3. The molecule has 0 bridgehead atoms. The van der Waals surface area contributed by atoms with Crippen molar-refractivity contribution in [2.45, 2.75) is 56.5 Å². The summed E-state index contributed by atoms with van der Waals surface area (Å²) in [6, 6.07) is -0.144. The van der Waals surface area contributed by atoms with Crippen molar-refractivity contribution >= 4 is 17.8 Å². The molecule has 1 heterocycles. The summed E-state index contributed by atoms with van der Waals surface area (Å²) in [6.45, 7) is -0.00588. The maximum Gasteiger partial charge on any atom is 0.325 e. The first-order chi connectivity index (χ1) is 9.12. The maximum absolute atomic E-state index is 12.1. The topological polar surface area (TPSA) is 78.5 Å².